The highest BCUT2D eigenvalue weighted by Crippen LogP contribution is 2.39. The van der Waals surface area contributed by atoms with Gasteiger partial charge in [-0.25, -0.2) is 0 Å². The number of anilines is 1. The first kappa shape index (κ1) is 24.5. The number of alkyl halides is 3. The summed E-state index contributed by atoms with van der Waals surface area (Å²) in [5.41, 5.74) is 1.55. The van der Waals surface area contributed by atoms with Crippen molar-refractivity contribution in [3.63, 3.8) is 0 Å². The lowest BCUT2D eigenvalue weighted by Gasteiger charge is -2.26. The number of benzene rings is 2. The highest BCUT2D eigenvalue weighted by atomic mass is 35.5. The molecule has 0 unspecified atom stereocenters. The lowest BCUT2D eigenvalue weighted by Crippen LogP contribution is -2.34. The van der Waals surface area contributed by atoms with Crippen LogP contribution >= 0.6 is 23.2 Å². The number of hydrogen-bond acceptors (Lipinski definition) is 1. The lowest BCUT2D eigenvalue weighted by molar-refractivity contribution is -0.178. The Hall–Kier alpha value is -1.72. The molecule has 2 atom stereocenters. The number of rotatable bonds is 9. The molecule has 0 aliphatic heterocycles. The Kier molecular flexibility index (Phi) is 9.05. The minimum atomic E-state index is -4.54. The summed E-state index contributed by atoms with van der Waals surface area (Å²) in [5.74, 6) is -4.06. The summed E-state index contributed by atoms with van der Waals surface area (Å²) in [6.07, 6.45) is 0.663. The van der Waals surface area contributed by atoms with E-state index in [4.69, 9.17) is 23.2 Å². The van der Waals surface area contributed by atoms with Crippen LogP contribution in [0.2, 0.25) is 10.0 Å². The van der Waals surface area contributed by atoms with E-state index < -0.39 is 23.9 Å². The number of halogens is 5. The number of hydrogen-bond donors (Lipinski definition) is 1. The fraction of sp³-hybridized carbons (Fsp3) is 0.435. The zero-order chi connectivity index (χ0) is 22.3. The quantitative estimate of drug-likeness (QED) is 0.377. The first-order valence-corrected chi connectivity index (χ1v) is 10.8. The maximum absolute atomic E-state index is 13.5. The maximum Gasteiger partial charge on any atom is 0.392 e. The molecule has 30 heavy (non-hydrogen) atoms. The second-order valence-corrected chi connectivity index (χ2v) is 8.32. The Bertz CT molecular complexity index is 837. The van der Waals surface area contributed by atoms with Gasteiger partial charge in [0.1, 0.15) is 0 Å². The molecule has 0 aromatic heterocycles. The highest BCUT2D eigenvalue weighted by Gasteiger charge is 2.45. The molecule has 2 aromatic carbocycles. The standard InChI is InChI=1S/C23H26Cl2F3NO/c1-3-4-5-6-7-16-8-13-19(25)20(14-16)29-22(30)21(15(2)23(26,27)28)17-9-11-18(24)12-10-17/h8-15,21H,3-7H2,1-2H3,(H,29,30)/t15-,21+/m1/s1. The van der Waals surface area contributed by atoms with Crippen LogP contribution in [-0.2, 0) is 11.2 Å². The van der Waals surface area contributed by atoms with Crippen LogP contribution in [-0.4, -0.2) is 12.1 Å². The van der Waals surface area contributed by atoms with Crippen LogP contribution in [0.5, 0.6) is 0 Å². The predicted octanol–water partition coefficient (Wildman–Crippen LogP) is 8.04. The minimum absolute atomic E-state index is 0.244. The second kappa shape index (κ2) is 11.1. The molecule has 0 heterocycles. The highest BCUT2D eigenvalue weighted by molar-refractivity contribution is 6.33. The third kappa shape index (κ3) is 6.92. The van der Waals surface area contributed by atoms with Gasteiger partial charge in [0.2, 0.25) is 5.91 Å². The van der Waals surface area contributed by atoms with E-state index in [2.05, 4.69) is 12.2 Å². The van der Waals surface area contributed by atoms with E-state index in [-0.39, 0.29) is 10.6 Å². The molecular weight excluding hydrogens is 434 g/mol. The maximum atomic E-state index is 13.5. The molecule has 7 heteroatoms. The molecule has 1 N–H and O–H groups in total. The Morgan fingerprint density at radius 1 is 1.03 bits per heavy atom. The van der Waals surface area contributed by atoms with E-state index in [9.17, 15) is 18.0 Å². The monoisotopic (exact) mass is 459 g/mol. The van der Waals surface area contributed by atoms with Crippen molar-refractivity contribution in [2.45, 2.75) is 58.0 Å². The van der Waals surface area contributed by atoms with Gasteiger partial charge in [-0.2, -0.15) is 13.2 Å². The minimum Gasteiger partial charge on any atom is -0.324 e. The molecule has 0 spiro atoms. The van der Waals surface area contributed by atoms with E-state index in [1.54, 1.807) is 12.1 Å². The van der Waals surface area contributed by atoms with Gasteiger partial charge in [-0.15, -0.1) is 0 Å². The zero-order valence-corrected chi connectivity index (χ0v) is 18.5. The van der Waals surface area contributed by atoms with Crippen molar-refractivity contribution in [3.8, 4) is 0 Å². The van der Waals surface area contributed by atoms with Gasteiger partial charge in [-0.05, 0) is 48.2 Å². The predicted molar refractivity (Wildman–Crippen MR) is 117 cm³/mol. The van der Waals surface area contributed by atoms with Gasteiger partial charge in [0.15, 0.2) is 0 Å². The van der Waals surface area contributed by atoms with E-state index in [1.165, 1.54) is 24.3 Å². The number of carbonyl (C=O) groups excluding carboxylic acids is 1. The molecule has 164 valence electrons. The van der Waals surface area contributed by atoms with Crippen LogP contribution in [0.3, 0.4) is 0 Å². The van der Waals surface area contributed by atoms with Gasteiger partial charge in [0.05, 0.1) is 22.5 Å². The second-order valence-electron chi connectivity index (χ2n) is 7.47. The fourth-order valence-electron chi connectivity index (χ4n) is 3.32. The molecule has 2 nitrogen and oxygen atoms in total. The summed E-state index contributed by atoms with van der Waals surface area (Å²) in [6.45, 7) is 3.14. The molecule has 2 aromatic rings. The van der Waals surface area contributed by atoms with E-state index in [0.29, 0.717) is 10.7 Å². The van der Waals surface area contributed by atoms with Crippen molar-refractivity contribution >= 4 is 34.8 Å². The molecule has 0 bridgehead atoms. The van der Waals surface area contributed by atoms with Crippen molar-refractivity contribution in [3.05, 3.63) is 63.6 Å². The summed E-state index contributed by atoms with van der Waals surface area (Å²) < 4.78 is 40.4. The number of aryl methyl sites for hydroxylation is 1. The molecule has 0 saturated heterocycles. The normalized spacial score (nSPS) is 13.7. The summed E-state index contributed by atoms with van der Waals surface area (Å²) in [5, 5.41) is 3.29. The van der Waals surface area contributed by atoms with Crippen molar-refractivity contribution in [2.75, 3.05) is 5.32 Å². The summed E-state index contributed by atoms with van der Waals surface area (Å²) >= 11 is 12.1. The van der Waals surface area contributed by atoms with Crippen LogP contribution in [0.4, 0.5) is 18.9 Å². The topological polar surface area (TPSA) is 29.1 Å². The Labute approximate surface area is 185 Å². The fourth-order valence-corrected chi connectivity index (χ4v) is 3.61. The van der Waals surface area contributed by atoms with Crippen LogP contribution in [0.1, 0.15) is 56.6 Å². The smallest absolute Gasteiger partial charge is 0.324 e. The van der Waals surface area contributed by atoms with Crippen molar-refractivity contribution in [2.24, 2.45) is 5.92 Å². The van der Waals surface area contributed by atoms with Crippen LogP contribution in [0.25, 0.3) is 0 Å². The van der Waals surface area contributed by atoms with Gasteiger partial charge in [-0.1, -0.05) is 74.5 Å². The van der Waals surface area contributed by atoms with E-state index >= 15 is 0 Å². The zero-order valence-electron chi connectivity index (χ0n) is 17.0. The Morgan fingerprint density at radius 2 is 1.70 bits per heavy atom. The summed E-state index contributed by atoms with van der Waals surface area (Å²) in [7, 11) is 0. The number of amides is 1. The third-order valence-electron chi connectivity index (χ3n) is 5.14. The molecule has 2 rings (SSSR count). The molecule has 0 aliphatic rings. The van der Waals surface area contributed by atoms with E-state index in [0.717, 1.165) is 44.6 Å². The molecule has 0 saturated carbocycles. The average Bonchev–Trinajstić information content (AvgIpc) is 2.68. The SMILES string of the molecule is CCCCCCc1ccc(Cl)c(NC(=O)[C@H](c2ccc(Cl)cc2)[C@@H](C)C(F)(F)F)c1. The van der Waals surface area contributed by atoms with Crippen LogP contribution < -0.4 is 5.32 Å². The molecule has 1 amide bonds. The lowest BCUT2D eigenvalue weighted by atomic mass is 9.86. The third-order valence-corrected chi connectivity index (χ3v) is 5.72. The van der Waals surface area contributed by atoms with Gasteiger partial charge < -0.3 is 5.32 Å². The number of carbonyl (C=O) groups is 1. The Morgan fingerprint density at radius 3 is 2.30 bits per heavy atom. The van der Waals surface area contributed by atoms with Crippen molar-refractivity contribution in [1.29, 1.82) is 0 Å². The Balaban J connectivity index is 2.25. The molecule has 0 aliphatic carbocycles. The van der Waals surface area contributed by atoms with Gasteiger partial charge >= 0.3 is 6.18 Å². The first-order chi connectivity index (χ1) is 14.1. The van der Waals surface area contributed by atoms with Crippen LogP contribution in [0.15, 0.2) is 42.5 Å². The summed E-state index contributed by atoms with van der Waals surface area (Å²) in [4.78, 5) is 12.9. The molecular formula is C23H26Cl2F3NO. The largest absolute Gasteiger partial charge is 0.392 e. The molecule has 0 radical (unpaired) electrons. The van der Waals surface area contributed by atoms with Crippen LogP contribution in [0, 0.1) is 5.92 Å². The number of unbranched alkanes of at least 4 members (excludes halogenated alkanes) is 3. The summed E-state index contributed by atoms with van der Waals surface area (Å²) in [6, 6.07) is 11.1. The van der Waals surface area contributed by atoms with Crippen molar-refractivity contribution in [1.82, 2.24) is 0 Å². The molecule has 0 fully saturated rings. The van der Waals surface area contributed by atoms with Gasteiger partial charge in [0.25, 0.3) is 0 Å². The first-order valence-electron chi connectivity index (χ1n) is 10.0. The van der Waals surface area contributed by atoms with E-state index in [1.807, 2.05) is 6.07 Å². The average molecular weight is 460 g/mol. The van der Waals surface area contributed by atoms with Crippen molar-refractivity contribution < 1.29 is 18.0 Å². The van der Waals surface area contributed by atoms with Gasteiger partial charge in [-0.3, -0.25) is 4.79 Å². The number of nitrogens with one attached hydrogen (secondary N) is 1. The van der Waals surface area contributed by atoms with Gasteiger partial charge in [0, 0.05) is 5.02 Å².